The van der Waals surface area contributed by atoms with Crippen molar-refractivity contribution in [3.05, 3.63) is 52.7 Å². The van der Waals surface area contributed by atoms with Gasteiger partial charge in [0.2, 0.25) is 5.91 Å². The summed E-state index contributed by atoms with van der Waals surface area (Å²) in [7, 11) is 0. The SMILES string of the molecule is Cc1noc(C)c1CCC(=O)N1CCC(c2ccc3cc(C4CC4)cnc3n2)CC1. The zero-order valence-corrected chi connectivity index (χ0v) is 17.7. The molecule has 1 aliphatic heterocycles. The lowest BCUT2D eigenvalue weighted by Crippen LogP contribution is -2.38. The van der Waals surface area contributed by atoms with Crippen molar-refractivity contribution >= 4 is 16.9 Å². The summed E-state index contributed by atoms with van der Waals surface area (Å²) in [4.78, 5) is 24.1. The van der Waals surface area contributed by atoms with E-state index in [1.54, 1.807) is 0 Å². The van der Waals surface area contributed by atoms with Crippen LogP contribution in [-0.2, 0) is 11.2 Å². The molecule has 156 valence electrons. The van der Waals surface area contributed by atoms with E-state index < -0.39 is 0 Å². The average molecular weight is 405 g/mol. The molecule has 0 spiro atoms. The van der Waals surface area contributed by atoms with E-state index >= 15 is 0 Å². The van der Waals surface area contributed by atoms with Gasteiger partial charge < -0.3 is 9.42 Å². The van der Waals surface area contributed by atoms with Gasteiger partial charge in [0.15, 0.2) is 5.65 Å². The van der Waals surface area contributed by atoms with E-state index in [-0.39, 0.29) is 5.91 Å². The highest BCUT2D eigenvalue weighted by molar-refractivity contribution is 5.77. The first-order valence-corrected chi connectivity index (χ1v) is 11.0. The summed E-state index contributed by atoms with van der Waals surface area (Å²) in [5.41, 5.74) is 5.25. The number of piperidine rings is 1. The first-order valence-electron chi connectivity index (χ1n) is 11.0. The van der Waals surface area contributed by atoms with E-state index in [1.165, 1.54) is 18.4 Å². The molecule has 3 aromatic rings. The third-order valence-electron chi connectivity index (χ3n) is 6.67. The molecule has 1 saturated heterocycles. The van der Waals surface area contributed by atoms with Crippen molar-refractivity contribution in [2.45, 2.75) is 64.2 Å². The molecular weight excluding hydrogens is 376 g/mol. The highest BCUT2D eigenvalue weighted by Gasteiger charge is 2.26. The molecular formula is C24H28N4O2. The standard InChI is InChI=1S/C24H28N4O2/c1-15-21(16(2)30-27-15)6-8-23(29)28-11-9-18(10-12-28)22-7-5-19-13-20(17-3-4-17)14-25-24(19)26-22/h5,7,13-14,17-18H,3-4,6,8-12H2,1-2H3. The number of carbonyl (C=O) groups is 1. The summed E-state index contributed by atoms with van der Waals surface area (Å²) in [6.45, 7) is 5.42. The van der Waals surface area contributed by atoms with Gasteiger partial charge in [-0.05, 0) is 75.6 Å². The van der Waals surface area contributed by atoms with Crippen molar-refractivity contribution in [2.75, 3.05) is 13.1 Å². The van der Waals surface area contributed by atoms with Gasteiger partial charge in [-0.15, -0.1) is 0 Å². The Morgan fingerprint density at radius 2 is 1.93 bits per heavy atom. The zero-order chi connectivity index (χ0) is 20.7. The molecule has 2 fully saturated rings. The minimum atomic E-state index is 0.217. The van der Waals surface area contributed by atoms with Crippen LogP contribution in [0.4, 0.5) is 0 Å². The third kappa shape index (κ3) is 3.83. The second-order valence-electron chi connectivity index (χ2n) is 8.78. The molecule has 1 aliphatic carbocycles. The maximum Gasteiger partial charge on any atom is 0.222 e. The monoisotopic (exact) mass is 404 g/mol. The molecule has 0 atom stereocenters. The molecule has 5 rings (SSSR count). The van der Waals surface area contributed by atoms with E-state index in [1.807, 2.05) is 24.9 Å². The Labute approximate surface area is 176 Å². The van der Waals surface area contributed by atoms with Gasteiger partial charge in [-0.3, -0.25) is 4.79 Å². The largest absolute Gasteiger partial charge is 0.361 e. The fourth-order valence-electron chi connectivity index (χ4n) is 4.58. The molecule has 0 aromatic carbocycles. The Bertz CT molecular complexity index is 1060. The predicted molar refractivity (Wildman–Crippen MR) is 114 cm³/mol. The summed E-state index contributed by atoms with van der Waals surface area (Å²) in [6, 6.07) is 6.56. The predicted octanol–water partition coefficient (Wildman–Crippen LogP) is 4.45. The molecule has 3 aromatic heterocycles. The fourth-order valence-corrected chi connectivity index (χ4v) is 4.58. The summed E-state index contributed by atoms with van der Waals surface area (Å²) in [5, 5.41) is 5.11. The quantitative estimate of drug-likeness (QED) is 0.628. The van der Waals surface area contributed by atoms with Gasteiger partial charge in [-0.1, -0.05) is 5.16 Å². The van der Waals surface area contributed by atoms with Crippen molar-refractivity contribution < 1.29 is 9.32 Å². The summed E-state index contributed by atoms with van der Waals surface area (Å²) in [5.74, 6) is 2.14. The second kappa shape index (κ2) is 7.82. The topological polar surface area (TPSA) is 72.1 Å². The van der Waals surface area contributed by atoms with Gasteiger partial charge >= 0.3 is 0 Å². The number of hydrogen-bond acceptors (Lipinski definition) is 5. The van der Waals surface area contributed by atoms with Crippen LogP contribution >= 0.6 is 0 Å². The number of amides is 1. The number of aromatic nitrogens is 3. The van der Waals surface area contributed by atoms with E-state index in [0.717, 1.165) is 59.7 Å². The first-order chi connectivity index (χ1) is 14.6. The van der Waals surface area contributed by atoms with Crippen molar-refractivity contribution in [2.24, 2.45) is 0 Å². The van der Waals surface area contributed by atoms with Gasteiger partial charge in [0, 0.05) is 48.3 Å². The zero-order valence-electron chi connectivity index (χ0n) is 17.7. The van der Waals surface area contributed by atoms with Crippen LogP contribution in [0, 0.1) is 13.8 Å². The number of hydrogen-bond donors (Lipinski definition) is 0. The highest BCUT2D eigenvalue weighted by Crippen LogP contribution is 2.40. The number of nitrogens with zero attached hydrogens (tertiary/aromatic N) is 4. The van der Waals surface area contributed by atoms with Gasteiger partial charge in [0.1, 0.15) is 5.76 Å². The van der Waals surface area contributed by atoms with Crippen LogP contribution in [0.25, 0.3) is 11.0 Å². The van der Waals surface area contributed by atoms with Gasteiger partial charge in [-0.25, -0.2) is 9.97 Å². The first kappa shape index (κ1) is 19.2. The lowest BCUT2D eigenvalue weighted by molar-refractivity contribution is -0.132. The summed E-state index contributed by atoms with van der Waals surface area (Å²) < 4.78 is 5.20. The lowest BCUT2D eigenvalue weighted by Gasteiger charge is -2.32. The number of pyridine rings is 2. The Balaban J connectivity index is 1.19. The van der Waals surface area contributed by atoms with Crippen molar-refractivity contribution in [3.63, 3.8) is 0 Å². The van der Waals surface area contributed by atoms with E-state index in [2.05, 4.69) is 28.3 Å². The van der Waals surface area contributed by atoms with Crippen LogP contribution < -0.4 is 0 Å². The minimum absolute atomic E-state index is 0.217. The Kier molecular flexibility index (Phi) is 5.01. The summed E-state index contributed by atoms with van der Waals surface area (Å²) in [6.07, 6.45) is 7.68. The Hall–Kier alpha value is -2.76. The molecule has 30 heavy (non-hydrogen) atoms. The van der Waals surface area contributed by atoms with Crippen LogP contribution in [-0.4, -0.2) is 39.0 Å². The molecule has 1 amide bonds. The maximum absolute atomic E-state index is 12.7. The number of carbonyl (C=O) groups excluding carboxylic acids is 1. The van der Waals surface area contributed by atoms with Gasteiger partial charge in [0.05, 0.1) is 5.69 Å². The van der Waals surface area contributed by atoms with Crippen molar-refractivity contribution in [1.82, 2.24) is 20.0 Å². The van der Waals surface area contributed by atoms with Crippen LogP contribution in [0.15, 0.2) is 28.9 Å². The average Bonchev–Trinajstić information content (AvgIpc) is 3.57. The van der Waals surface area contributed by atoms with E-state index in [9.17, 15) is 4.79 Å². The van der Waals surface area contributed by atoms with Gasteiger partial charge in [0.25, 0.3) is 0 Å². The normalized spacial score (nSPS) is 17.6. The van der Waals surface area contributed by atoms with Crippen molar-refractivity contribution in [3.8, 4) is 0 Å². The number of aryl methyl sites for hydroxylation is 2. The van der Waals surface area contributed by atoms with Crippen LogP contribution in [0.3, 0.4) is 0 Å². The summed E-state index contributed by atoms with van der Waals surface area (Å²) >= 11 is 0. The second-order valence-corrected chi connectivity index (χ2v) is 8.78. The smallest absolute Gasteiger partial charge is 0.222 e. The third-order valence-corrected chi connectivity index (χ3v) is 6.67. The van der Waals surface area contributed by atoms with Crippen LogP contribution in [0.5, 0.6) is 0 Å². The number of fused-ring (bicyclic) bond motifs is 1. The van der Waals surface area contributed by atoms with Crippen LogP contribution in [0.1, 0.15) is 72.2 Å². The highest BCUT2D eigenvalue weighted by atomic mass is 16.5. The van der Waals surface area contributed by atoms with E-state index in [0.29, 0.717) is 24.7 Å². The number of rotatable bonds is 5. The molecule has 0 N–H and O–H groups in total. The molecule has 0 bridgehead atoms. The molecule has 2 aliphatic rings. The number of likely N-dealkylation sites (tertiary alicyclic amines) is 1. The molecule has 6 nitrogen and oxygen atoms in total. The minimum Gasteiger partial charge on any atom is -0.361 e. The Morgan fingerprint density at radius 3 is 2.63 bits per heavy atom. The molecule has 1 saturated carbocycles. The molecule has 0 unspecified atom stereocenters. The van der Waals surface area contributed by atoms with Crippen LogP contribution in [0.2, 0.25) is 0 Å². The maximum atomic E-state index is 12.7. The molecule has 0 radical (unpaired) electrons. The lowest BCUT2D eigenvalue weighted by atomic mass is 9.92. The van der Waals surface area contributed by atoms with Crippen molar-refractivity contribution in [1.29, 1.82) is 0 Å². The van der Waals surface area contributed by atoms with E-state index in [4.69, 9.17) is 9.51 Å². The molecule has 4 heterocycles. The fraction of sp³-hybridized carbons (Fsp3) is 0.500. The molecule has 6 heteroatoms. The Morgan fingerprint density at radius 1 is 1.13 bits per heavy atom. The van der Waals surface area contributed by atoms with Gasteiger partial charge in [-0.2, -0.15) is 0 Å².